The molecule has 2 saturated heterocycles. The predicted octanol–water partition coefficient (Wildman–Crippen LogP) is 1.59. The van der Waals surface area contributed by atoms with Crippen molar-refractivity contribution in [1.29, 1.82) is 0 Å². The van der Waals surface area contributed by atoms with Crippen LogP contribution in [0.25, 0.3) is 11.5 Å². The smallest absolute Gasteiger partial charge is 0.257 e. The molecule has 0 aliphatic carbocycles. The minimum Gasteiger partial charge on any atom is -0.334 e. The van der Waals surface area contributed by atoms with Crippen molar-refractivity contribution in [2.45, 2.75) is 37.9 Å². The number of nitrogens with zero attached hydrogens (tertiary/aromatic N) is 3. The summed E-state index contributed by atoms with van der Waals surface area (Å²) in [5.41, 5.74) is 0.893. The molecule has 1 aromatic carbocycles. The molecule has 2 atom stereocenters. The number of hydrogen-bond donors (Lipinski definition) is 1. The lowest BCUT2D eigenvalue weighted by molar-refractivity contribution is -0.132. The fraction of sp³-hybridized carbons (Fsp3) is 0.438. The minimum atomic E-state index is 0.172. The molecule has 1 aromatic heterocycles. The highest BCUT2D eigenvalue weighted by Gasteiger charge is 2.33. The lowest BCUT2D eigenvalue weighted by Gasteiger charge is -2.22. The first-order chi connectivity index (χ1) is 10.8. The van der Waals surface area contributed by atoms with Crippen molar-refractivity contribution in [3.05, 3.63) is 36.2 Å². The van der Waals surface area contributed by atoms with E-state index in [2.05, 4.69) is 15.5 Å². The molecule has 2 aliphatic rings. The molecule has 2 aliphatic heterocycles. The number of amides is 1. The quantitative estimate of drug-likeness (QED) is 0.931. The van der Waals surface area contributed by atoms with Crippen LogP contribution >= 0.6 is 0 Å². The van der Waals surface area contributed by atoms with Crippen LogP contribution in [0.15, 0.2) is 34.9 Å². The summed E-state index contributed by atoms with van der Waals surface area (Å²) in [5.74, 6) is 1.23. The zero-order chi connectivity index (χ0) is 14.9. The Kier molecular flexibility index (Phi) is 3.38. The zero-order valence-electron chi connectivity index (χ0n) is 12.2. The maximum atomic E-state index is 12.3. The van der Waals surface area contributed by atoms with E-state index >= 15 is 0 Å². The number of fused-ring (bicyclic) bond motifs is 2. The number of nitrogens with one attached hydrogen (secondary N) is 1. The number of carbonyl (C=O) groups is 1. The van der Waals surface area contributed by atoms with Gasteiger partial charge in [0.2, 0.25) is 5.91 Å². The van der Waals surface area contributed by atoms with Crippen LogP contribution in [-0.4, -0.2) is 39.6 Å². The van der Waals surface area contributed by atoms with Crippen LogP contribution in [0.3, 0.4) is 0 Å². The Morgan fingerprint density at radius 1 is 1.23 bits per heavy atom. The number of hydrogen-bond acceptors (Lipinski definition) is 5. The van der Waals surface area contributed by atoms with Crippen LogP contribution in [-0.2, 0) is 11.3 Å². The third kappa shape index (κ3) is 2.62. The van der Waals surface area contributed by atoms with Gasteiger partial charge in [0.05, 0.1) is 6.54 Å². The molecule has 6 heteroatoms. The Bertz CT molecular complexity index is 670. The lowest BCUT2D eigenvalue weighted by Crippen LogP contribution is -2.37. The second-order valence-corrected chi connectivity index (χ2v) is 6.00. The van der Waals surface area contributed by atoms with Crippen molar-refractivity contribution in [3.8, 4) is 11.5 Å². The summed E-state index contributed by atoms with van der Waals surface area (Å²) >= 11 is 0. The van der Waals surface area contributed by atoms with Gasteiger partial charge in [-0.3, -0.25) is 4.79 Å². The topological polar surface area (TPSA) is 71.3 Å². The van der Waals surface area contributed by atoms with E-state index in [0.29, 0.717) is 36.8 Å². The Labute approximate surface area is 128 Å². The molecule has 1 amide bonds. The molecule has 2 fully saturated rings. The van der Waals surface area contributed by atoms with Crippen molar-refractivity contribution in [3.63, 3.8) is 0 Å². The van der Waals surface area contributed by atoms with Gasteiger partial charge < -0.3 is 14.7 Å². The fourth-order valence-corrected chi connectivity index (χ4v) is 3.25. The summed E-state index contributed by atoms with van der Waals surface area (Å²) in [6, 6.07) is 10.4. The Hall–Kier alpha value is -2.21. The highest BCUT2D eigenvalue weighted by atomic mass is 16.5. The van der Waals surface area contributed by atoms with E-state index in [1.807, 2.05) is 35.2 Å². The number of benzene rings is 1. The maximum Gasteiger partial charge on any atom is 0.257 e. The summed E-state index contributed by atoms with van der Waals surface area (Å²) in [4.78, 5) is 18.5. The third-order valence-corrected chi connectivity index (χ3v) is 4.37. The fourth-order valence-electron chi connectivity index (χ4n) is 3.25. The van der Waals surface area contributed by atoms with Crippen LogP contribution < -0.4 is 5.32 Å². The largest absolute Gasteiger partial charge is 0.334 e. The van der Waals surface area contributed by atoms with Gasteiger partial charge in [-0.2, -0.15) is 4.98 Å². The first-order valence-corrected chi connectivity index (χ1v) is 7.70. The molecule has 0 unspecified atom stereocenters. The summed E-state index contributed by atoms with van der Waals surface area (Å²) < 4.78 is 5.31. The van der Waals surface area contributed by atoms with Crippen molar-refractivity contribution in [2.24, 2.45) is 0 Å². The van der Waals surface area contributed by atoms with Gasteiger partial charge in [-0.25, -0.2) is 0 Å². The van der Waals surface area contributed by atoms with E-state index in [4.69, 9.17) is 4.52 Å². The maximum absolute atomic E-state index is 12.3. The molecular formula is C16H18N4O2. The number of likely N-dealkylation sites (tertiary alicyclic amines) is 1. The number of rotatable bonds is 3. The van der Waals surface area contributed by atoms with Crippen LogP contribution in [0.2, 0.25) is 0 Å². The van der Waals surface area contributed by atoms with Crippen molar-refractivity contribution in [1.82, 2.24) is 20.4 Å². The summed E-state index contributed by atoms with van der Waals surface area (Å²) in [6.07, 6.45) is 2.81. The van der Waals surface area contributed by atoms with Gasteiger partial charge in [0.25, 0.3) is 5.89 Å². The monoisotopic (exact) mass is 298 g/mol. The van der Waals surface area contributed by atoms with E-state index in [1.54, 1.807) is 0 Å². The first-order valence-electron chi connectivity index (χ1n) is 7.70. The van der Waals surface area contributed by atoms with Crippen LogP contribution in [0.5, 0.6) is 0 Å². The highest BCUT2D eigenvalue weighted by molar-refractivity contribution is 5.77. The zero-order valence-corrected chi connectivity index (χ0v) is 12.2. The van der Waals surface area contributed by atoms with Crippen LogP contribution in [0.1, 0.15) is 25.1 Å². The number of aromatic nitrogens is 2. The molecule has 2 bridgehead atoms. The lowest BCUT2D eigenvalue weighted by atomic mass is 10.1. The predicted molar refractivity (Wildman–Crippen MR) is 79.7 cm³/mol. The van der Waals surface area contributed by atoms with Gasteiger partial charge in [-0.05, 0) is 25.0 Å². The standard InChI is InChI=1S/C16H18N4O2/c21-15-8-12-6-7-13(17-12)9-20(15)10-14-18-16(22-19-14)11-4-2-1-3-5-11/h1-5,12-13,17H,6-10H2/t12-,13+/m0/s1. The van der Waals surface area contributed by atoms with E-state index in [-0.39, 0.29) is 5.91 Å². The Morgan fingerprint density at radius 2 is 2.05 bits per heavy atom. The molecular weight excluding hydrogens is 280 g/mol. The molecule has 22 heavy (non-hydrogen) atoms. The molecule has 3 heterocycles. The SMILES string of the molecule is O=C1C[C@@H]2CC[C@H](CN1Cc1noc(-c3ccccc3)n1)N2. The second-order valence-electron chi connectivity index (χ2n) is 6.00. The van der Waals surface area contributed by atoms with Crippen molar-refractivity contribution < 1.29 is 9.32 Å². The molecule has 6 nitrogen and oxygen atoms in total. The van der Waals surface area contributed by atoms with E-state index < -0.39 is 0 Å². The van der Waals surface area contributed by atoms with Gasteiger partial charge >= 0.3 is 0 Å². The molecule has 0 saturated carbocycles. The normalized spacial score (nSPS) is 24.5. The van der Waals surface area contributed by atoms with Gasteiger partial charge in [0.15, 0.2) is 5.82 Å². The van der Waals surface area contributed by atoms with Crippen LogP contribution in [0.4, 0.5) is 0 Å². The highest BCUT2D eigenvalue weighted by Crippen LogP contribution is 2.23. The average molecular weight is 298 g/mol. The Morgan fingerprint density at radius 3 is 2.91 bits per heavy atom. The van der Waals surface area contributed by atoms with E-state index in [9.17, 15) is 4.79 Å². The van der Waals surface area contributed by atoms with Gasteiger partial charge in [-0.1, -0.05) is 23.4 Å². The van der Waals surface area contributed by atoms with Gasteiger partial charge in [-0.15, -0.1) is 0 Å². The first kappa shape index (κ1) is 13.5. The van der Waals surface area contributed by atoms with Crippen molar-refractivity contribution >= 4 is 5.91 Å². The van der Waals surface area contributed by atoms with E-state index in [0.717, 1.165) is 24.9 Å². The minimum absolute atomic E-state index is 0.172. The van der Waals surface area contributed by atoms with E-state index in [1.165, 1.54) is 0 Å². The third-order valence-electron chi connectivity index (χ3n) is 4.37. The number of carbonyl (C=O) groups excluding carboxylic acids is 1. The summed E-state index contributed by atoms with van der Waals surface area (Å²) in [7, 11) is 0. The van der Waals surface area contributed by atoms with Gasteiger partial charge in [0.1, 0.15) is 0 Å². The van der Waals surface area contributed by atoms with Gasteiger partial charge in [0, 0.05) is 30.6 Å². The molecule has 2 aromatic rings. The summed E-state index contributed by atoms with van der Waals surface area (Å²) in [6.45, 7) is 1.14. The van der Waals surface area contributed by atoms with Crippen molar-refractivity contribution in [2.75, 3.05) is 6.54 Å². The average Bonchev–Trinajstić information content (AvgIpc) is 3.13. The molecule has 0 spiro atoms. The molecule has 0 radical (unpaired) electrons. The van der Waals surface area contributed by atoms with Crippen LogP contribution in [0, 0.1) is 0 Å². The second kappa shape index (κ2) is 5.53. The Balaban J connectivity index is 1.49. The summed E-state index contributed by atoms with van der Waals surface area (Å²) in [5, 5.41) is 7.52. The molecule has 1 N–H and O–H groups in total. The molecule has 4 rings (SSSR count). The molecule has 114 valence electrons.